The van der Waals surface area contributed by atoms with Crippen molar-refractivity contribution in [3.63, 3.8) is 0 Å². The molecular formula is C16H16F3NS. The predicted molar refractivity (Wildman–Crippen MR) is 79.0 cm³/mol. The molecule has 1 atom stereocenters. The Hall–Kier alpha value is -1.46. The average Bonchev–Trinajstić information content (AvgIpc) is 2.42. The van der Waals surface area contributed by atoms with Gasteiger partial charge in [-0.2, -0.15) is 0 Å². The summed E-state index contributed by atoms with van der Waals surface area (Å²) in [7, 11) is 0. The van der Waals surface area contributed by atoms with Gasteiger partial charge in [0.1, 0.15) is 17.5 Å². The van der Waals surface area contributed by atoms with Gasteiger partial charge in [-0.05, 0) is 37.7 Å². The summed E-state index contributed by atoms with van der Waals surface area (Å²) in [6.45, 7) is 4.49. The number of hydrogen-bond donors (Lipinski definition) is 1. The van der Waals surface area contributed by atoms with Crippen LogP contribution in [0.2, 0.25) is 0 Å². The number of hydrogen-bond acceptors (Lipinski definition) is 2. The van der Waals surface area contributed by atoms with Crippen LogP contribution in [0.4, 0.5) is 13.2 Å². The van der Waals surface area contributed by atoms with Gasteiger partial charge in [-0.3, -0.25) is 0 Å². The highest BCUT2D eigenvalue weighted by molar-refractivity contribution is 7.99. The molecular weight excluding hydrogens is 295 g/mol. The molecule has 21 heavy (non-hydrogen) atoms. The summed E-state index contributed by atoms with van der Waals surface area (Å²) < 4.78 is 40.8. The van der Waals surface area contributed by atoms with Crippen molar-refractivity contribution in [1.29, 1.82) is 0 Å². The minimum Gasteiger partial charge on any atom is -0.310 e. The molecule has 2 aromatic rings. The zero-order valence-corrected chi connectivity index (χ0v) is 12.6. The van der Waals surface area contributed by atoms with E-state index in [1.807, 2.05) is 13.8 Å². The van der Waals surface area contributed by atoms with Gasteiger partial charge in [0.05, 0.1) is 0 Å². The number of halogens is 3. The van der Waals surface area contributed by atoms with Crippen LogP contribution < -0.4 is 5.32 Å². The molecule has 2 rings (SSSR count). The maximum atomic E-state index is 14.1. The molecule has 0 fully saturated rings. The van der Waals surface area contributed by atoms with Gasteiger partial charge < -0.3 is 5.32 Å². The first-order chi connectivity index (χ1) is 10.0. The second kappa shape index (κ2) is 7.00. The minimum absolute atomic E-state index is 0.192. The van der Waals surface area contributed by atoms with E-state index in [0.29, 0.717) is 17.0 Å². The van der Waals surface area contributed by atoms with E-state index in [4.69, 9.17) is 0 Å². The van der Waals surface area contributed by atoms with Crippen LogP contribution in [0.1, 0.15) is 25.5 Å². The maximum Gasteiger partial charge on any atom is 0.140 e. The third kappa shape index (κ3) is 3.80. The molecule has 0 radical (unpaired) electrons. The highest BCUT2D eigenvalue weighted by Crippen LogP contribution is 2.36. The van der Waals surface area contributed by atoms with Gasteiger partial charge in [0.15, 0.2) is 0 Å². The lowest BCUT2D eigenvalue weighted by Gasteiger charge is -2.18. The smallest absolute Gasteiger partial charge is 0.140 e. The number of rotatable bonds is 5. The highest BCUT2D eigenvalue weighted by Gasteiger charge is 2.17. The van der Waals surface area contributed by atoms with Gasteiger partial charge in [-0.15, -0.1) is 0 Å². The molecule has 0 saturated heterocycles. The largest absolute Gasteiger partial charge is 0.310 e. The molecule has 0 spiro atoms. The monoisotopic (exact) mass is 311 g/mol. The molecule has 0 aromatic heterocycles. The summed E-state index contributed by atoms with van der Waals surface area (Å²) in [5.41, 5.74) is 0.494. The molecule has 0 aliphatic rings. The quantitative estimate of drug-likeness (QED) is 0.840. The van der Waals surface area contributed by atoms with Gasteiger partial charge in [-0.1, -0.05) is 24.8 Å². The van der Waals surface area contributed by atoms with Crippen LogP contribution in [-0.2, 0) is 0 Å². The molecule has 1 N–H and O–H groups in total. The Balaban J connectivity index is 2.37. The van der Waals surface area contributed by atoms with Gasteiger partial charge in [0, 0.05) is 27.5 Å². The molecule has 1 nitrogen and oxygen atoms in total. The summed E-state index contributed by atoms with van der Waals surface area (Å²) in [5.74, 6) is -1.61. The van der Waals surface area contributed by atoms with Crippen molar-refractivity contribution in [1.82, 2.24) is 5.32 Å². The summed E-state index contributed by atoms with van der Waals surface area (Å²) in [4.78, 5) is 0.890. The highest BCUT2D eigenvalue weighted by atomic mass is 32.2. The Kier molecular flexibility index (Phi) is 5.31. The van der Waals surface area contributed by atoms with Crippen LogP contribution in [-0.4, -0.2) is 6.54 Å². The summed E-state index contributed by atoms with van der Waals surface area (Å²) in [5, 5.41) is 3.15. The first-order valence-corrected chi connectivity index (χ1v) is 7.49. The molecule has 1 unspecified atom stereocenters. The summed E-state index contributed by atoms with van der Waals surface area (Å²) in [6, 6.07) is 7.90. The average molecular weight is 311 g/mol. The van der Waals surface area contributed by atoms with Crippen molar-refractivity contribution in [3.8, 4) is 0 Å². The number of nitrogens with one attached hydrogen (secondary N) is 1. The van der Waals surface area contributed by atoms with Gasteiger partial charge in [0.25, 0.3) is 0 Å². The van der Waals surface area contributed by atoms with Crippen molar-refractivity contribution in [2.24, 2.45) is 0 Å². The second-order valence-corrected chi connectivity index (χ2v) is 5.69. The van der Waals surface area contributed by atoms with Crippen molar-refractivity contribution in [2.45, 2.75) is 29.7 Å². The molecule has 0 bridgehead atoms. The zero-order chi connectivity index (χ0) is 15.4. The third-order valence-electron chi connectivity index (χ3n) is 3.07. The van der Waals surface area contributed by atoms with E-state index in [2.05, 4.69) is 5.32 Å². The Bertz CT molecular complexity index is 631. The topological polar surface area (TPSA) is 12.0 Å². The van der Waals surface area contributed by atoms with Crippen LogP contribution >= 0.6 is 11.8 Å². The van der Waals surface area contributed by atoms with Crippen LogP contribution in [0.3, 0.4) is 0 Å². The van der Waals surface area contributed by atoms with Crippen molar-refractivity contribution >= 4 is 11.8 Å². The normalized spacial score (nSPS) is 12.4. The molecule has 0 amide bonds. The van der Waals surface area contributed by atoms with Gasteiger partial charge in [0.2, 0.25) is 0 Å². The predicted octanol–water partition coefficient (Wildman–Crippen LogP) is 4.93. The SMILES string of the molecule is CCNC(C)c1c(F)cccc1Sc1ccc(F)cc1F. The van der Waals surface area contributed by atoms with Crippen LogP contribution in [0.5, 0.6) is 0 Å². The lowest BCUT2D eigenvalue weighted by Crippen LogP contribution is -2.19. The molecule has 5 heteroatoms. The Labute approximate surface area is 126 Å². The Morgan fingerprint density at radius 1 is 1.05 bits per heavy atom. The standard InChI is InChI=1S/C16H16F3NS/c1-3-20-10(2)16-12(18)5-4-6-15(16)21-14-8-7-11(17)9-13(14)19/h4-10,20H,3H2,1-2H3. The number of benzene rings is 2. The fraction of sp³-hybridized carbons (Fsp3) is 0.250. The Morgan fingerprint density at radius 2 is 1.81 bits per heavy atom. The third-order valence-corrected chi connectivity index (χ3v) is 4.20. The maximum absolute atomic E-state index is 14.1. The molecule has 2 aromatic carbocycles. The molecule has 0 saturated carbocycles. The van der Waals surface area contributed by atoms with E-state index in [1.165, 1.54) is 18.2 Å². The zero-order valence-electron chi connectivity index (χ0n) is 11.8. The molecule has 0 aliphatic heterocycles. The van der Waals surface area contributed by atoms with Crippen molar-refractivity contribution in [2.75, 3.05) is 6.54 Å². The van der Waals surface area contributed by atoms with E-state index < -0.39 is 11.6 Å². The van der Waals surface area contributed by atoms with E-state index in [0.717, 1.165) is 17.8 Å². The van der Waals surface area contributed by atoms with E-state index in [9.17, 15) is 13.2 Å². The van der Waals surface area contributed by atoms with Crippen LogP contribution in [0.15, 0.2) is 46.2 Å². The van der Waals surface area contributed by atoms with E-state index in [1.54, 1.807) is 12.1 Å². The van der Waals surface area contributed by atoms with E-state index >= 15 is 0 Å². The molecule has 0 heterocycles. The van der Waals surface area contributed by atoms with E-state index in [-0.39, 0.29) is 16.8 Å². The molecule has 0 aliphatic carbocycles. The van der Waals surface area contributed by atoms with Crippen molar-refractivity contribution < 1.29 is 13.2 Å². The first kappa shape index (κ1) is 15.9. The second-order valence-electron chi connectivity index (χ2n) is 4.61. The van der Waals surface area contributed by atoms with Crippen LogP contribution in [0.25, 0.3) is 0 Å². The lowest BCUT2D eigenvalue weighted by atomic mass is 10.1. The van der Waals surface area contributed by atoms with Gasteiger partial charge in [-0.25, -0.2) is 13.2 Å². The molecule has 112 valence electrons. The minimum atomic E-state index is -0.647. The lowest BCUT2D eigenvalue weighted by molar-refractivity contribution is 0.531. The fourth-order valence-corrected chi connectivity index (χ4v) is 3.17. The Morgan fingerprint density at radius 3 is 2.48 bits per heavy atom. The summed E-state index contributed by atoms with van der Waals surface area (Å²) in [6.07, 6.45) is 0. The van der Waals surface area contributed by atoms with Crippen molar-refractivity contribution in [3.05, 3.63) is 59.4 Å². The first-order valence-electron chi connectivity index (χ1n) is 6.67. The fourth-order valence-electron chi connectivity index (χ4n) is 2.11. The summed E-state index contributed by atoms with van der Waals surface area (Å²) >= 11 is 1.10. The van der Waals surface area contributed by atoms with Gasteiger partial charge >= 0.3 is 0 Å². The van der Waals surface area contributed by atoms with Crippen LogP contribution in [0, 0.1) is 17.5 Å².